The van der Waals surface area contributed by atoms with Crippen LogP contribution in [0.3, 0.4) is 0 Å². The molecule has 4 atom stereocenters. The van der Waals surface area contributed by atoms with Gasteiger partial charge in [0.25, 0.3) is 0 Å². The predicted octanol–water partition coefficient (Wildman–Crippen LogP) is 12.4. The van der Waals surface area contributed by atoms with Gasteiger partial charge in [-0.05, 0) is 63.7 Å². The Kier molecular flexibility index (Phi) is 20.4. The molecule has 1 unspecified atom stereocenters. The van der Waals surface area contributed by atoms with E-state index >= 15 is 0 Å². The van der Waals surface area contributed by atoms with E-state index in [-0.39, 0.29) is 5.79 Å². The van der Waals surface area contributed by atoms with Crippen LogP contribution in [0, 0.1) is 5.92 Å². The zero-order valence-electron chi connectivity index (χ0n) is 26.7. The minimum absolute atomic E-state index is 0.259. The van der Waals surface area contributed by atoms with Crippen molar-refractivity contribution in [2.75, 3.05) is 0 Å². The topological polar surface area (TPSA) is 18.5 Å². The molecule has 2 fully saturated rings. The Bertz CT molecular complexity index is 595. The lowest BCUT2D eigenvalue weighted by Gasteiger charge is -2.30. The molecule has 1 aliphatic heterocycles. The van der Waals surface area contributed by atoms with Gasteiger partial charge < -0.3 is 9.47 Å². The average Bonchev–Trinajstić information content (AvgIpc) is 3.43. The maximum absolute atomic E-state index is 6.72. The molecule has 0 N–H and O–H groups in total. The summed E-state index contributed by atoms with van der Waals surface area (Å²) in [5, 5.41) is 0. The lowest BCUT2D eigenvalue weighted by Crippen LogP contribution is -2.32. The van der Waals surface area contributed by atoms with Gasteiger partial charge in [-0.2, -0.15) is 0 Å². The van der Waals surface area contributed by atoms with E-state index in [1.165, 1.54) is 148 Å². The number of rotatable bonds is 26. The van der Waals surface area contributed by atoms with Gasteiger partial charge in [0.1, 0.15) is 0 Å². The molecule has 2 rings (SSSR count). The molecule has 0 aromatic carbocycles. The van der Waals surface area contributed by atoms with Crippen LogP contribution in [0.1, 0.15) is 188 Å². The Hall–Kier alpha value is -0.600. The second-order valence-electron chi connectivity index (χ2n) is 13.1. The number of unbranched alkanes of at least 4 members (excludes halogenated alkanes) is 18. The number of allylic oxidation sites excluding steroid dienone is 4. The molecule has 2 heteroatoms. The van der Waals surface area contributed by atoms with Crippen LogP contribution in [0.4, 0.5) is 0 Å². The molecule has 0 spiro atoms. The molecule has 2 nitrogen and oxygen atoms in total. The van der Waals surface area contributed by atoms with Gasteiger partial charge in [-0.25, -0.2) is 0 Å². The molecule has 0 aromatic rings. The highest BCUT2D eigenvalue weighted by molar-refractivity contribution is 4.93. The lowest BCUT2D eigenvalue weighted by atomic mass is 9.98. The van der Waals surface area contributed by atoms with Gasteiger partial charge in [0, 0.05) is 12.8 Å². The third kappa shape index (κ3) is 16.4. The quantitative estimate of drug-likeness (QED) is 0.0796. The molecular weight excluding hydrogens is 476 g/mol. The molecule has 1 saturated heterocycles. The monoisotopic (exact) mass is 545 g/mol. The molecule has 228 valence electrons. The van der Waals surface area contributed by atoms with E-state index in [2.05, 4.69) is 45.1 Å². The fourth-order valence-electron chi connectivity index (χ4n) is 6.65. The van der Waals surface area contributed by atoms with Gasteiger partial charge in [0.05, 0.1) is 12.2 Å². The summed E-state index contributed by atoms with van der Waals surface area (Å²) in [4.78, 5) is 0. The summed E-state index contributed by atoms with van der Waals surface area (Å²) < 4.78 is 13.4. The fourth-order valence-corrected chi connectivity index (χ4v) is 6.65. The first-order chi connectivity index (χ1) is 19.2. The Morgan fingerprint density at radius 3 is 1.38 bits per heavy atom. The van der Waals surface area contributed by atoms with Gasteiger partial charge in [-0.15, -0.1) is 0 Å². The van der Waals surface area contributed by atoms with Crippen molar-refractivity contribution in [2.45, 2.75) is 206 Å². The largest absolute Gasteiger partial charge is 0.344 e. The Morgan fingerprint density at radius 2 is 0.897 bits per heavy atom. The van der Waals surface area contributed by atoms with Crippen molar-refractivity contribution in [3.05, 3.63) is 24.3 Å². The van der Waals surface area contributed by atoms with E-state index in [1.807, 2.05) is 0 Å². The summed E-state index contributed by atoms with van der Waals surface area (Å²) in [5.74, 6) is 0.502. The van der Waals surface area contributed by atoms with E-state index in [1.54, 1.807) is 0 Å². The Morgan fingerprint density at radius 1 is 0.513 bits per heavy atom. The summed E-state index contributed by atoms with van der Waals surface area (Å²) in [7, 11) is 0. The number of hydrogen-bond donors (Lipinski definition) is 0. The summed E-state index contributed by atoms with van der Waals surface area (Å²) in [6, 6.07) is 0. The maximum Gasteiger partial charge on any atom is 0.169 e. The van der Waals surface area contributed by atoms with Crippen LogP contribution in [-0.2, 0) is 9.47 Å². The van der Waals surface area contributed by atoms with Crippen LogP contribution in [-0.4, -0.2) is 18.0 Å². The van der Waals surface area contributed by atoms with Crippen LogP contribution in [0.25, 0.3) is 0 Å². The van der Waals surface area contributed by atoms with E-state index in [0.29, 0.717) is 12.2 Å². The standard InChI is InChI=1S/C37H68O2/c1-4-6-8-10-12-14-16-17-18-19-20-21-23-25-27-29-31-37(38-35-32-34(3)33-36(35)39-37)30-28-26-24-22-15-13-11-9-7-5-2/h12,14,17-18,34-36H,4-11,13,15-16,19-33H2,1-3H3/b14-12-,18-17-/t34-,35-,36+,37?. The molecule has 1 aliphatic carbocycles. The third-order valence-electron chi connectivity index (χ3n) is 9.09. The van der Waals surface area contributed by atoms with Crippen molar-refractivity contribution in [3.63, 3.8) is 0 Å². The smallest absolute Gasteiger partial charge is 0.169 e. The van der Waals surface area contributed by atoms with Gasteiger partial charge in [-0.3, -0.25) is 0 Å². The van der Waals surface area contributed by atoms with Crippen molar-refractivity contribution in [2.24, 2.45) is 5.92 Å². The summed E-state index contributed by atoms with van der Waals surface area (Å²) >= 11 is 0. The molecule has 39 heavy (non-hydrogen) atoms. The summed E-state index contributed by atoms with van der Waals surface area (Å²) in [6.45, 7) is 6.93. The summed E-state index contributed by atoms with van der Waals surface area (Å²) in [6.07, 6.45) is 44.4. The minimum Gasteiger partial charge on any atom is -0.344 e. The van der Waals surface area contributed by atoms with Gasteiger partial charge >= 0.3 is 0 Å². The van der Waals surface area contributed by atoms with Crippen LogP contribution in [0.2, 0.25) is 0 Å². The van der Waals surface area contributed by atoms with Crippen LogP contribution < -0.4 is 0 Å². The van der Waals surface area contributed by atoms with Crippen LogP contribution in [0.15, 0.2) is 24.3 Å². The maximum atomic E-state index is 6.72. The Labute approximate surface area is 245 Å². The lowest BCUT2D eigenvalue weighted by molar-refractivity contribution is -0.192. The summed E-state index contributed by atoms with van der Waals surface area (Å²) in [5.41, 5.74) is 0. The highest BCUT2D eigenvalue weighted by Gasteiger charge is 2.50. The third-order valence-corrected chi connectivity index (χ3v) is 9.09. The fraction of sp³-hybridized carbons (Fsp3) is 0.892. The van der Waals surface area contributed by atoms with Crippen molar-refractivity contribution >= 4 is 0 Å². The van der Waals surface area contributed by atoms with Gasteiger partial charge in [0.15, 0.2) is 5.79 Å². The molecular formula is C37H68O2. The normalized spacial score (nSPS) is 24.9. The number of fused-ring (bicyclic) bond motifs is 1. The van der Waals surface area contributed by atoms with Crippen molar-refractivity contribution in [3.8, 4) is 0 Å². The predicted molar refractivity (Wildman–Crippen MR) is 171 cm³/mol. The Balaban J connectivity index is 1.51. The van der Waals surface area contributed by atoms with Crippen molar-refractivity contribution < 1.29 is 9.47 Å². The average molecular weight is 545 g/mol. The highest BCUT2D eigenvalue weighted by Crippen LogP contribution is 2.45. The van der Waals surface area contributed by atoms with E-state index in [9.17, 15) is 0 Å². The number of ether oxygens (including phenoxy) is 2. The first-order valence-corrected chi connectivity index (χ1v) is 17.8. The molecule has 0 aromatic heterocycles. The van der Waals surface area contributed by atoms with E-state index in [4.69, 9.17) is 9.47 Å². The number of hydrogen-bond acceptors (Lipinski definition) is 2. The zero-order chi connectivity index (χ0) is 27.9. The molecule has 0 bridgehead atoms. The van der Waals surface area contributed by atoms with E-state index < -0.39 is 0 Å². The first kappa shape index (κ1) is 34.6. The molecule has 2 aliphatic rings. The minimum atomic E-state index is -0.259. The molecule has 1 heterocycles. The second kappa shape index (κ2) is 23.0. The van der Waals surface area contributed by atoms with Gasteiger partial charge in [0.2, 0.25) is 0 Å². The molecule has 0 radical (unpaired) electrons. The second-order valence-corrected chi connectivity index (χ2v) is 13.1. The molecule has 1 saturated carbocycles. The van der Waals surface area contributed by atoms with Crippen molar-refractivity contribution in [1.82, 2.24) is 0 Å². The SMILES string of the molecule is CCCCC/C=C\C/C=C\CCCCCCCCC1(CCCCCCCCCCCC)O[C@H]2C[C@H](C)C[C@H]2O1. The van der Waals surface area contributed by atoms with E-state index in [0.717, 1.165) is 25.2 Å². The van der Waals surface area contributed by atoms with Crippen LogP contribution in [0.5, 0.6) is 0 Å². The highest BCUT2D eigenvalue weighted by atomic mass is 16.8. The zero-order valence-corrected chi connectivity index (χ0v) is 26.7. The van der Waals surface area contributed by atoms with Crippen LogP contribution >= 0.6 is 0 Å². The van der Waals surface area contributed by atoms with Gasteiger partial charge in [-0.1, -0.05) is 141 Å². The first-order valence-electron chi connectivity index (χ1n) is 17.8. The molecule has 0 amide bonds. The van der Waals surface area contributed by atoms with Crippen molar-refractivity contribution in [1.29, 1.82) is 0 Å².